The van der Waals surface area contributed by atoms with Crippen molar-refractivity contribution in [2.75, 3.05) is 0 Å². The molecule has 0 N–H and O–H groups in total. The third kappa shape index (κ3) is 3.41. The fraction of sp³-hybridized carbons (Fsp3) is 0.273. The van der Waals surface area contributed by atoms with E-state index < -0.39 is 5.63 Å². The Kier molecular flexibility index (Phi) is 4.34. The smallest absolute Gasteiger partial charge is 0.340 e. The molecule has 128 valence electrons. The second-order valence-corrected chi connectivity index (χ2v) is 7.45. The second-order valence-electron chi connectivity index (χ2n) is 7.45. The lowest BCUT2D eigenvalue weighted by atomic mass is 9.85. The Morgan fingerprint density at radius 3 is 2.32 bits per heavy atom. The topological polar surface area (TPSA) is 47.3 Å². The van der Waals surface area contributed by atoms with Gasteiger partial charge < -0.3 is 4.42 Å². The van der Waals surface area contributed by atoms with Gasteiger partial charge in [-0.25, -0.2) is 4.79 Å². The van der Waals surface area contributed by atoms with Gasteiger partial charge in [-0.2, -0.15) is 0 Å². The first-order valence-electron chi connectivity index (χ1n) is 8.42. The van der Waals surface area contributed by atoms with E-state index in [1.165, 1.54) is 6.92 Å². The molecule has 2 aromatic carbocycles. The molecular weight excluding hydrogens is 312 g/mol. The molecule has 0 aliphatic carbocycles. The molecular formula is C22H22O3. The fourth-order valence-electron chi connectivity index (χ4n) is 3.05. The van der Waals surface area contributed by atoms with E-state index in [0.717, 1.165) is 22.1 Å². The number of benzene rings is 2. The van der Waals surface area contributed by atoms with Gasteiger partial charge in [-0.05, 0) is 29.5 Å². The van der Waals surface area contributed by atoms with Crippen molar-refractivity contribution in [3.05, 3.63) is 70.1 Å². The van der Waals surface area contributed by atoms with Gasteiger partial charge in [-0.3, -0.25) is 4.79 Å². The summed E-state index contributed by atoms with van der Waals surface area (Å²) in [5.41, 5.74) is 3.31. The highest BCUT2D eigenvalue weighted by atomic mass is 16.4. The highest BCUT2D eigenvalue weighted by Crippen LogP contribution is 2.33. The molecule has 0 bridgehead atoms. The minimum absolute atomic E-state index is 0.0439. The SMILES string of the molecule is CC(=O)Cc1c(-c2ccccc2)c2ccc(C(C)(C)C)cc2oc1=O. The van der Waals surface area contributed by atoms with Crippen LogP contribution in [0.15, 0.2) is 57.7 Å². The summed E-state index contributed by atoms with van der Waals surface area (Å²) in [6.45, 7) is 7.85. The molecule has 0 aliphatic rings. The molecule has 1 aromatic heterocycles. The minimum atomic E-state index is -0.437. The zero-order chi connectivity index (χ0) is 18.2. The normalized spacial score (nSPS) is 11.7. The van der Waals surface area contributed by atoms with Crippen LogP contribution in [0.4, 0.5) is 0 Å². The molecule has 0 saturated heterocycles. The Balaban J connectivity index is 2.38. The highest BCUT2D eigenvalue weighted by Gasteiger charge is 2.20. The number of carbonyl (C=O) groups is 1. The van der Waals surface area contributed by atoms with Gasteiger partial charge in [0.25, 0.3) is 0 Å². The Morgan fingerprint density at radius 1 is 1.04 bits per heavy atom. The van der Waals surface area contributed by atoms with E-state index >= 15 is 0 Å². The van der Waals surface area contributed by atoms with Crippen LogP contribution < -0.4 is 5.63 Å². The van der Waals surface area contributed by atoms with Crippen LogP contribution in [0.3, 0.4) is 0 Å². The quantitative estimate of drug-likeness (QED) is 0.641. The van der Waals surface area contributed by atoms with Gasteiger partial charge in [-0.15, -0.1) is 0 Å². The molecule has 25 heavy (non-hydrogen) atoms. The van der Waals surface area contributed by atoms with Crippen molar-refractivity contribution in [2.24, 2.45) is 0 Å². The van der Waals surface area contributed by atoms with Gasteiger partial charge in [0.2, 0.25) is 0 Å². The number of carbonyl (C=O) groups excluding carboxylic acids is 1. The maximum Gasteiger partial charge on any atom is 0.340 e. The van der Waals surface area contributed by atoms with Crippen LogP contribution in [0.1, 0.15) is 38.8 Å². The number of fused-ring (bicyclic) bond motifs is 1. The van der Waals surface area contributed by atoms with E-state index in [0.29, 0.717) is 11.1 Å². The predicted octanol–water partition coefficient (Wildman–Crippen LogP) is 4.89. The van der Waals surface area contributed by atoms with Crippen molar-refractivity contribution < 1.29 is 9.21 Å². The highest BCUT2D eigenvalue weighted by molar-refractivity contribution is 5.96. The monoisotopic (exact) mass is 334 g/mol. The Morgan fingerprint density at radius 2 is 1.72 bits per heavy atom. The van der Waals surface area contributed by atoms with Crippen LogP contribution in [-0.2, 0) is 16.6 Å². The summed E-state index contributed by atoms with van der Waals surface area (Å²) >= 11 is 0. The van der Waals surface area contributed by atoms with E-state index in [4.69, 9.17) is 4.42 Å². The summed E-state index contributed by atoms with van der Waals surface area (Å²) in [6, 6.07) is 15.7. The maximum atomic E-state index is 12.6. The molecule has 0 radical (unpaired) electrons. The number of rotatable bonds is 3. The number of Topliss-reactive ketones (excluding diaryl/α,β-unsaturated/α-hetero) is 1. The average Bonchev–Trinajstić information content (AvgIpc) is 2.54. The Labute approximate surface area is 147 Å². The van der Waals surface area contributed by atoms with Crippen molar-refractivity contribution in [2.45, 2.75) is 39.5 Å². The Hall–Kier alpha value is -2.68. The summed E-state index contributed by atoms with van der Waals surface area (Å²) in [5.74, 6) is -0.0601. The van der Waals surface area contributed by atoms with Crippen molar-refractivity contribution in [1.82, 2.24) is 0 Å². The first-order valence-corrected chi connectivity index (χ1v) is 8.42. The summed E-state index contributed by atoms with van der Waals surface area (Å²) in [6.07, 6.45) is 0.0729. The van der Waals surface area contributed by atoms with E-state index in [1.54, 1.807) is 0 Å². The number of ketones is 1. The third-order valence-corrected chi connectivity index (χ3v) is 4.36. The van der Waals surface area contributed by atoms with Gasteiger partial charge >= 0.3 is 5.63 Å². The largest absolute Gasteiger partial charge is 0.422 e. The molecule has 0 saturated carbocycles. The molecule has 0 unspecified atom stereocenters. The third-order valence-electron chi connectivity index (χ3n) is 4.36. The predicted molar refractivity (Wildman–Crippen MR) is 101 cm³/mol. The molecule has 0 atom stereocenters. The van der Waals surface area contributed by atoms with E-state index in [-0.39, 0.29) is 17.6 Å². The lowest BCUT2D eigenvalue weighted by Gasteiger charge is -2.20. The standard InChI is InChI=1S/C22H22O3/c1-14(23)12-18-20(15-8-6-5-7-9-15)17-11-10-16(22(2,3)4)13-19(17)25-21(18)24/h5-11,13H,12H2,1-4H3. The van der Waals surface area contributed by atoms with Gasteiger partial charge in [0.1, 0.15) is 11.4 Å². The fourth-order valence-corrected chi connectivity index (χ4v) is 3.05. The summed E-state index contributed by atoms with van der Waals surface area (Å²) in [7, 11) is 0. The first-order chi connectivity index (χ1) is 11.8. The van der Waals surface area contributed by atoms with Gasteiger partial charge in [0, 0.05) is 17.4 Å². The van der Waals surface area contributed by atoms with Gasteiger partial charge in [0.15, 0.2) is 0 Å². The van der Waals surface area contributed by atoms with Crippen LogP contribution in [-0.4, -0.2) is 5.78 Å². The van der Waals surface area contributed by atoms with E-state index in [9.17, 15) is 9.59 Å². The van der Waals surface area contributed by atoms with Crippen molar-refractivity contribution in [3.8, 4) is 11.1 Å². The second kappa shape index (κ2) is 6.32. The van der Waals surface area contributed by atoms with Crippen LogP contribution in [0, 0.1) is 0 Å². The molecule has 0 fully saturated rings. The number of hydrogen-bond donors (Lipinski definition) is 0. The molecule has 1 heterocycles. The summed E-state index contributed by atoms with van der Waals surface area (Å²) in [4.78, 5) is 24.3. The average molecular weight is 334 g/mol. The van der Waals surface area contributed by atoms with E-state index in [2.05, 4.69) is 26.8 Å². The lowest BCUT2D eigenvalue weighted by Crippen LogP contribution is -2.15. The van der Waals surface area contributed by atoms with Gasteiger partial charge in [0.05, 0.1) is 5.56 Å². The summed E-state index contributed by atoms with van der Waals surface area (Å²) < 4.78 is 5.58. The van der Waals surface area contributed by atoms with Crippen LogP contribution in [0.5, 0.6) is 0 Å². The molecule has 0 spiro atoms. The van der Waals surface area contributed by atoms with Crippen molar-refractivity contribution in [3.63, 3.8) is 0 Å². The Bertz CT molecular complexity index is 989. The molecule has 0 amide bonds. The van der Waals surface area contributed by atoms with Crippen molar-refractivity contribution in [1.29, 1.82) is 0 Å². The van der Waals surface area contributed by atoms with E-state index in [1.807, 2.05) is 42.5 Å². The minimum Gasteiger partial charge on any atom is -0.422 e. The lowest BCUT2D eigenvalue weighted by molar-refractivity contribution is -0.116. The molecule has 3 aromatic rings. The van der Waals surface area contributed by atoms with Crippen LogP contribution in [0.25, 0.3) is 22.1 Å². The zero-order valence-electron chi connectivity index (χ0n) is 15.1. The molecule has 3 nitrogen and oxygen atoms in total. The van der Waals surface area contributed by atoms with Crippen LogP contribution >= 0.6 is 0 Å². The maximum absolute atomic E-state index is 12.6. The molecule has 0 aliphatic heterocycles. The molecule has 3 heteroatoms. The van der Waals surface area contributed by atoms with Gasteiger partial charge in [-0.1, -0.05) is 63.2 Å². The summed E-state index contributed by atoms with van der Waals surface area (Å²) in [5, 5.41) is 0.857. The number of hydrogen-bond acceptors (Lipinski definition) is 3. The zero-order valence-corrected chi connectivity index (χ0v) is 15.1. The molecule has 3 rings (SSSR count). The first kappa shape index (κ1) is 17.2. The van der Waals surface area contributed by atoms with Crippen LogP contribution in [0.2, 0.25) is 0 Å². The van der Waals surface area contributed by atoms with Crippen molar-refractivity contribution >= 4 is 16.8 Å².